The maximum absolute atomic E-state index is 8.96. The molecule has 0 spiro atoms. The summed E-state index contributed by atoms with van der Waals surface area (Å²) in [5.41, 5.74) is 1.66. The number of aryl methyl sites for hydroxylation is 1. The van der Waals surface area contributed by atoms with Crippen LogP contribution < -0.4 is 0 Å². The molecule has 0 N–H and O–H groups in total. The van der Waals surface area contributed by atoms with E-state index in [0.29, 0.717) is 11.6 Å². The van der Waals surface area contributed by atoms with Crippen molar-refractivity contribution in [1.29, 1.82) is 5.26 Å². The third-order valence-corrected chi connectivity index (χ3v) is 3.26. The highest BCUT2D eigenvalue weighted by atomic mass is 79.9. The van der Waals surface area contributed by atoms with E-state index in [9.17, 15) is 0 Å². The van der Waals surface area contributed by atoms with Gasteiger partial charge in [0.25, 0.3) is 0 Å². The maximum atomic E-state index is 8.96. The Balaban J connectivity index is 3.00. The Labute approximate surface area is 106 Å². The molecule has 0 aliphatic heterocycles. The van der Waals surface area contributed by atoms with E-state index >= 15 is 0 Å². The van der Waals surface area contributed by atoms with Gasteiger partial charge in [0.05, 0.1) is 10.2 Å². The molecule has 0 saturated heterocycles. The Morgan fingerprint density at radius 3 is 2.69 bits per heavy atom. The van der Waals surface area contributed by atoms with Gasteiger partial charge in [0.1, 0.15) is 6.07 Å². The highest BCUT2D eigenvalue weighted by Crippen LogP contribution is 2.24. The Hall–Kier alpha value is -0.820. The van der Waals surface area contributed by atoms with E-state index in [1.807, 2.05) is 4.68 Å². The van der Waals surface area contributed by atoms with E-state index in [0.717, 1.165) is 36.0 Å². The molecule has 0 aromatic carbocycles. The average molecular weight is 284 g/mol. The van der Waals surface area contributed by atoms with Gasteiger partial charge < -0.3 is 0 Å². The van der Waals surface area contributed by atoms with Crippen molar-refractivity contribution in [2.75, 3.05) is 0 Å². The molecule has 1 heterocycles. The van der Waals surface area contributed by atoms with Gasteiger partial charge in [-0.15, -0.1) is 0 Å². The molecular weight excluding hydrogens is 266 g/mol. The normalized spacial score (nSPS) is 10.8. The number of unbranched alkanes of at least 4 members (excludes halogenated alkanes) is 1. The van der Waals surface area contributed by atoms with Crippen LogP contribution in [0.1, 0.15) is 45.0 Å². The van der Waals surface area contributed by atoms with Gasteiger partial charge in [-0.1, -0.05) is 27.2 Å². The summed E-state index contributed by atoms with van der Waals surface area (Å²) in [5, 5.41) is 13.3. The van der Waals surface area contributed by atoms with Gasteiger partial charge in [0, 0.05) is 6.54 Å². The highest BCUT2D eigenvalue weighted by Gasteiger charge is 2.15. The zero-order valence-corrected chi connectivity index (χ0v) is 11.7. The Kier molecular flexibility index (Phi) is 5.01. The van der Waals surface area contributed by atoms with E-state index in [-0.39, 0.29) is 0 Å². The number of nitrogens with zero attached hydrogens (tertiary/aromatic N) is 3. The second kappa shape index (κ2) is 6.05. The average Bonchev–Trinajstić information content (AvgIpc) is 2.53. The highest BCUT2D eigenvalue weighted by molar-refractivity contribution is 9.10. The van der Waals surface area contributed by atoms with Crippen molar-refractivity contribution in [1.82, 2.24) is 9.78 Å². The number of rotatable bonds is 5. The van der Waals surface area contributed by atoms with Crippen LogP contribution in [0.15, 0.2) is 4.47 Å². The Bertz CT molecular complexity index is 388. The fourth-order valence-corrected chi connectivity index (χ4v) is 2.16. The molecule has 0 fully saturated rings. The van der Waals surface area contributed by atoms with Crippen LogP contribution in [0, 0.1) is 17.2 Å². The molecule has 88 valence electrons. The molecule has 1 aromatic heterocycles. The van der Waals surface area contributed by atoms with Crippen molar-refractivity contribution < 1.29 is 0 Å². The number of hydrogen-bond acceptors (Lipinski definition) is 2. The molecule has 0 aliphatic carbocycles. The van der Waals surface area contributed by atoms with Gasteiger partial charge in [-0.3, -0.25) is 4.68 Å². The van der Waals surface area contributed by atoms with E-state index in [2.05, 4.69) is 47.9 Å². The van der Waals surface area contributed by atoms with E-state index in [1.165, 1.54) is 0 Å². The van der Waals surface area contributed by atoms with Crippen molar-refractivity contribution in [3.63, 3.8) is 0 Å². The molecule has 0 saturated carbocycles. The molecule has 0 unspecified atom stereocenters. The third-order valence-electron chi connectivity index (χ3n) is 2.42. The van der Waals surface area contributed by atoms with Gasteiger partial charge in [-0.25, -0.2) is 0 Å². The molecular formula is C12H18BrN3. The van der Waals surface area contributed by atoms with Crippen molar-refractivity contribution in [3.05, 3.63) is 15.9 Å². The lowest BCUT2D eigenvalue weighted by atomic mass is 10.1. The summed E-state index contributed by atoms with van der Waals surface area (Å²) < 4.78 is 2.85. The van der Waals surface area contributed by atoms with Crippen LogP contribution in [0.2, 0.25) is 0 Å². The van der Waals surface area contributed by atoms with Crippen molar-refractivity contribution in [3.8, 4) is 6.07 Å². The first-order valence-electron chi connectivity index (χ1n) is 5.75. The molecule has 4 heteroatoms. The first-order valence-corrected chi connectivity index (χ1v) is 6.54. The molecule has 0 radical (unpaired) electrons. The van der Waals surface area contributed by atoms with Gasteiger partial charge in [-0.05, 0) is 34.7 Å². The number of aromatic nitrogens is 2. The molecule has 0 amide bonds. The zero-order chi connectivity index (χ0) is 12.1. The second-order valence-corrected chi connectivity index (χ2v) is 5.19. The number of nitriles is 1. The summed E-state index contributed by atoms with van der Waals surface area (Å²) in [6.07, 6.45) is 3.20. The SMILES string of the molecule is CCCCn1nc(C#N)c(Br)c1CC(C)C. The van der Waals surface area contributed by atoms with Crippen LogP contribution in [-0.4, -0.2) is 9.78 Å². The lowest BCUT2D eigenvalue weighted by Gasteiger charge is -2.09. The first kappa shape index (κ1) is 13.2. The van der Waals surface area contributed by atoms with Crippen LogP contribution in [0.4, 0.5) is 0 Å². The predicted octanol–water partition coefficient (Wildman–Crippen LogP) is 3.52. The minimum atomic E-state index is 0.506. The Morgan fingerprint density at radius 2 is 2.19 bits per heavy atom. The predicted molar refractivity (Wildman–Crippen MR) is 68.1 cm³/mol. The topological polar surface area (TPSA) is 41.6 Å². The molecule has 0 aliphatic rings. The first-order chi connectivity index (χ1) is 7.60. The quantitative estimate of drug-likeness (QED) is 0.830. The van der Waals surface area contributed by atoms with Crippen molar-refractivity contribution >= 4 is 15.9 Å². The minimum absolute atomic E-state index is 0.506. The smallest absolute Gasteiger partial charge is 0.176 e. The van der Waals surface area contributed by atoms with Gasteiger partial charge in [0.15, 0.2) is 5.69 Å². The molecule has 1 aromatic rings. The van der Waals surface area contributed by atoms with E-state index in [1.54, 1.807) is 0 Å². The summed E-state index contributed by atoms with van der Waals surface area (Å²) in [6, 6.07) is 2.13. The van der Waals surface area contributed by atoms with E-state index < -0.39 is 0 Å². The van der Waals surface area contributed by atoms with E-state index in [4.69, 9.17) is 5.26 Å². The van der Waals surface area contributed by atoms with Crippen molar-refractivity contribution in [2.24, 2.45) is 5.92 Å². The van der Waals surface area contributed by atoms with Crippen LogP contribution in [0.5, 0.6) is 0 Å². The maximum Gasteiger partial charge on any atom is 0.176 e. The lowest BCUT2D eigenvalue weighted by Crippen LogP contribution is -2.08. The summed E-state index contributed by atoms with van der Waals surface area (Å²) in [7, 11) is 0. The van der Waals surface area contributed by atoms with Gasteiger partial charge >= 0.3 is 0 Å². The van der Waals surface area contributed by atoms with Crippen LogP contribution >= 0.6 is 15.9 Å². The third kappa shape index (κ3) is 3.08. The number of halogens is 1. The molecule has 1 rings (SSSR count). The summed E-state index contributed by atoms with van der Waals surface area (Å²) >= 11 is 3.48. The molecule has 0 bridgehead atoms. The molecule has 16 heavy (non-hydrogen) atoms. The fraction of sp³-hybridized carbons (Fsp3) is 0.667. The number of hydrogen-bond donors (Lipinski definition) is 0. The Morgan fingerprint density at radius 1 is 1.50 bits per heavy atom. The zero-order valence-electron chi connectivity index (χ0n) is 10.1. The minimum Gasteiger partial charge on any atom is -0.267 e. The summed E-state index contributed by atoms with van der Waals surface area (Å²) in [5.74, 6) is 0.569. The largest absolute Gasteiger partial charge is 0.267 e. The van der Waals surface area contributed by atoms with Crippen LogP contribution in [0.3, 0.4) is 0 Å². The standard InChI is InChI=1S/C12H18BrN3/c1-4-5-6-16-11(7-9(2)3)12(13)10(8-14)15-16/h9H,4-7H2,1-3H3. The van der Waals surface area contributed by atoms with Gasteiger partial charge in [0.2, 0.25) is 0 Å². The van der Waals surface area contributed by atoms with Gasteiger partial charge in [-0.2, -0.15) is 10.4 Å². The monoisotopic (exact) mass is 283 g/mol. The second-order valence-electron chi connectivity index (χ2n) is 4.40. The van der Waals surface area contributed by atoms with Crippen LogP contribution in [-0.2, 0) is 13.0 Å². The summed E-state index contributed by atoms with van der Waals surface area (Å²) in [4.78, 5) is 0. The fourth-order valence-electron chi connectivity index (χ4n) is 1.62. The van der Waals surface area contributed by atoms with Crippen molar-refractivity contribution in [2.45, 2.75) is 46.6 Å². The van der Waals surface area contributed by atoms with Crippen LogP contribution in [0.25, 0.3) is 0 Å². The molecule has 3 nitrogen and oxygen atoms in total. The molecule has 0 atom stereocenters. The summed E-state index contributed by atoms with van der Waals surface area (Å²) in [6.45, 7) is 7.41. The lowest BCUT2D eigenvalue weighted by molar-refractivity contribution is 0.520.